The number of benzene rings is 2. The third kappa shape index (κ3) is 16.0. The molecule has 0 amide bonds. The molecule has 5 atom stereocenters. The van der Waals surface area contributed by atoms with E-state index in [1.165, 1.54) is 76.9 Å². The SMILES string of the molecule is C[C@@H](N=C1CCCc2cccnc21)c1ccccc1.C[C@@H](N[C@@H]1CCCc2cccnc21)c1ccccc1.N[C@@H]1CCCc2cccnc21.O=C1CCCc2cccnc21.OC1CCCc2cccnc21.[O]=[Mn]=[O]. The summed E-state index contributed by atoms with van der Waals surface area (Å²) < 4.78 is 16.8. The van der Waals surface area contributed by atoms with Crippen molar-refractivity contribution in [2.45, 2.75) is 140 Å². The number of hydrogen-bond acceptors (Lipinski definition) is 12. The van der Waals surface area contributed by atoms with Crippen LogP contribution in [0.5, 0.6) is 0 Å². The molecule has 0 bridgehead atoms. The summed E-state index contributed by atoms with van der Waals surface area (Å²) in [6, 6.07) is 42.6. The first-order valence-electron chi connectivity index (χ1n) is 26.2. The van der Waals surface area contributed by atoms with E-state index in [0.717, 1.165) is 80.4 Å². The zero-order chi connectivity index (χ0) is 51.9. The second-order valence-corrected chi connectivity index (χ2v) is 19.4. The molecule has 385 valence electrons. The van der Waals surface area contributed by atoms with Crippen LogP contribution in [0.2, 0.25) is 0 Å². The number of aromatic nitrogens is 5. The molecule has 0 fully saturated rings. The molecule has 1 unspecified atom stereocenters. The van der Waals surface area contributed by atoms with Crippen LogP contribution in [0, 0.1) is 0 Å². The van der Waals surface area contributed by atoms with Gasteiger partial charge in [-0.15, -0.1) is 0 Å². The van der Waals surface area contributed by atoms with Gasteiger partial charge < -0.3 is 16.2 Å². The van der Waals surface area contributed by atoms with Crippen molar-refractivity contribution in [3.63, 3.8) is 0 Å². The molecule has 0 spiro atoms. The summed E-state index contributed by atoms with van der Waals surface area (Å²) in [6.07, 6.45) is 24.8. The molecular formula is C61H70MnN8O4. The first-order valence-corrected chi connectivity index (χ1v) is 27.2. The van der Waals surface area contributed by atoms with E-state index < -0.39 is 14.8 Å². The molecule has 12 nitrogen and oxygen atoms in total. The third-order valence-corrected chi connectivity index (χ3v) is 14.0. The average molecular weight is 1030 g/mol. The van der Waals surface area contributed by atoms with Crippen molar-refractivity contribution in [3.05, 3.63) is 220 Å². The quantitative estimate of drug-likeness (QED) is 0.139. The Morgan fingerprint density at radius 3 is 1.58 bits per heavy atom. The van der Waals surface area contributed by atoms with Crippen LogP contribution in [-0.4, -0.2) is 41.5 Å². The van der Waals surface area contributed by atoms with Crippen molar-refractivity contribution >= 4 is 11.5 Å². The van der Waals surface area contributed by atoms with Crippen molar-refractivity contribution in [3.8, 4) is 0 Å². The number of carbonyl (C=O) groups excluding carboxylic acids is 1. The number of rotatable bonds is 5. The monoisotopic (exact) mass is 1030 g/mol. The Kier molecular flexibility index (Phi) is 22.0. The summed E-state index contributed by atoms with van der Waals surface area (Å²) >= 11 is -1.44. The maximum atomic E-state index is 11.2. The topological polar surface area (TPSA) is 186 Å². The molecule has 0 saturated heterocycles. The predicted octanol–water partition coefficient (Wildman–Crippen LogP) is 12.0. The Morgan fingerprint density at radius 2 is 0.986 bits per heavy atom. The predicted molar refractivity (Wildman–Crippen MR) is 286 cm³/mol. The number of hydrogen-bond donors (Lipinski definition) is 3. The number of nitrogens with one attached hydrogen (secondary N) is 1. The zero-order valence-corrected chi connectivity index (χ0v) is 43.9. The number of aliphatic imine (C=N–C) groups is 1. The number of nitrogens with two attached hydrogens (primary N) is 1. The van der Waals surface area contributed by atoms with Gasteiger partial charge in [-0.2, -0.15) is 0 Å². The fraction of sp³-hybridized carbons (Fsp3) is 0.361. The zero-order valence-electron chi connectivity index (χ0n) is 42.7. The number of fused-ring (bicyclic) bond motifs is 5. The summed E-state index contributed by atoms with van der Waals surface area (Å²) in [5.41, 5.74) is 21.1. The molecule has 5 aliphatic carbocycles. The number of nitrogens with zero attached hydrogens (tertiary/aromatic N) is 6. The number of Topliss-reactive ketones (excluding diaryl/α,β-unsaturated/α-hetero) is 1. The molecule has 0 saturated carbocycles. The molecule has 5 aromatic heterocycles. The van der Waals surface area contributed by atoms with Crippen molar-refractivity contribution in [2.75, 3.05) is 0 Å². The summed E-state index contributed by atoms with van der Waals surface area (Å²) in [5, 5.41) is 13.2. The Hall–Kier alpha value is -6.47. The number of carbonyl (C=O) groups is 1. The summed E-state index contributed by atoms with van der Waals surface area (Å²) in [6.45, 7) is 4.38. The number of aliphatic hydroxyl groups is 1. The van der Waals surface area contributed by atoms with Crippen LogP contribution in [0.4, 0.5) is 0 Å². The van der Waals surface area contributed by atoms with E-state index in [1.54, 1.807) is 12.4 Å². The van der Waals surface area contributed by atoms with Gasteiger partial charge >= 0.3 is 22.5 Å². The van der Waals surface area contributed by atoms with Crippen LogP contribution in [0.1, 0.15) is 181 Å². The van der Waals surface area contributed by atoms with Crippen molar-refractivity contribution in [1.82, 2.24) is 30.2 Å². The second kappa shape index (κ2) is 29.4. The normalized spacial score (nSPS) is 19.1. The minimum atomic E-state index is -1.44. The fourth-order valence-electron chi connectivity index (χ4n) is 10.2. The average Bonchev–Trinajstić information content (AvgIpc) is 3.45. The van der Waals surface area contributed by atoms with Crippen LogP contribution in [-0.2, 0) is 54.6 Å². The van der Waals surface area contributed by atoms with Crippen LogP contribution in [0.3, 0.4) is 0 Å². The van der Waals surface area contributed by atoms with Crippen LogP contribution >= 0.6 is 0 Å². The van der Waals surface area contributed by atoms with Gasteiger partial charge in [0.05, 0.1) is 46.7 Å². The first-order chi connectivity index (χ1) is 36.2. The molecular weight excluding hydrogens is 964 g/mol. The molecule has 7 aromatic rings. The van der Waals surface area contributed by atoms with Crippen LogP contribution in [0.15, 0.2) is 157 Å². The molecule has 2 aromatic carbocycles. The van der Waals surface area contributed by atoms with Gasteiger partial charge in [-0.25, -0.2) is 0 Å². The molecule has 12 rings (SSSR count). The van der Waals surface area contributed by atoms with E-state index in [4.69, 9.17) is 18.4 Å². The van der Waals surface area contributed by atoms with Gasteiger partial charge in [-0.05, 0) is 173 Å². The third-order valence-electron chi connectivity index (χ3n) is 14.0. The molecule has 4 N–H and O–H groups in total. The Labute approximate surface area is 442 Å². The Balaban J connectivity index is 0.000000136. The van der Waals surface area contributed by atoms with Gasteiger partial charge in [-0.1, -0.05) is 91.0 Å². The van der Waals surface area contributed by atoms with E-state index >= 15 is 0 Å². The van der Waals surface area contributed by atoms with Gasteiger partial charge in [0.2, 0.25) is 0 Å². The fourth-order valence-corrected chi connectivity index (χ4v) is 10.2. The Bertz CT molecular complexity index is 2860. The number of aryl methyl sites for hydroxylation is 5. The van der Waals surface area contributed by atoms with Crippen molar-refractivity contribution in [1.29, 1.82) is 0 Å². The molecule has 0 radical (unpaired) electrons. The van der Waals surface area contributed by atoms with E-state index in [-0.39, 0.29) is 24.0 Å². The van der Waals surface area contributed by atoms with E-state index in [9.17, 15) is 9.90 Å². The van der Waals surface area contributed by atoms with Gasteiger partial charge in [0.15, 0.2) is 5.78 Å². The molecule has 13 heteroatoms. The summed E-state index contributed by atoms with van der Waals surface area (Å²) in [7, 11) is 0. The van der Waals surface area contributed by atoms with E-state index in [2.05, 4.69) is 117 Å². The second-order valence-electron chi connectivity index (χ2n) is 19.2. The molecule has 5 heterocycles. The first kappa shape index (κ1) is 55.3. The van der Waals surface area contributed by atoms with Crippen molar-refractivity contribution < 1.29 is 32.4 Å². The van der Waals surface area contributed by atoms with E-state index in [0.29, 0.717) is 24.2 Å². The number of ketones is 1. The van der Waals surface area contributed by atoms with Gasteiger partial charge in [-0.3, -0.25) is 34.7 Å². The Morgan fingerprint density at radius 1 is 0.527 bits per heavy atom. The molecule has 0 aliphatic heterocycles. The summed E-state index contributed by atoms with van der Waals surface area (Å²) in [4.78, 5) is 37.7. The molecule has 74 heavy (non-hydrogen) atoms. The summed E-state index contributed by atoms with van der Waals surface area (Å²) in [5.74, 6) is 0.201. The standard InChI is InChI=1S/C17H20N2.C17H18N2.C9H12N2.C9H11NO.C9H9NO.Mn.2O/c2*1-13(14-7-3-2-4-8-14)19-16-11-5-9-15-10-6-12-18-17(15)16;10-8-5-1-3-7-4-2-6-11-9(7)8;2*11-8-5-1-3-7-4-2-6-10-9(7)8;;;/h2-4,6-8,10,12-13,16,19H,5,9,11H2,1H3;2-4,6-8,10,12-13H,5,9,11H2,1H3;2,4,6,8H,1,3,5,10H2;2,4,6,8,11H,1,3,5H2;2,4,6H,1,3,5H2;;;/t13-,16-;13-;8-;;;;;/m111...../s1. The van der Waals surface area contributed by atoms with Crippen molar-refractivity contribution in [2.24, 2.45) is 10.7 Å². The van der Waals surface area contributed by atoms with Gasteiger partial charge in [0.25, 0.3) is 0 Å². The van der Waals surface area contributed by atoms with E-state index in [1.807, 2.05) is 67.1 Å². The minimum absolute atomic E-state index is 0.181. The van der Waals surface area contributed by atoms with Crippen LogP contribution in [0.25, 0.3) is 0 Å². The number of pyridine rings is 5. The van der Waals surface area contributed by atoms with Gasteiger partial charge in [0, 0.05) is 49.5 Å². The molecule has 5 aliphatic rings. The number of aliphatic hydroxyl groups excluding tert-OH is 1. The van der Waals surface area contributed by atoms with Gasteiger partial charge in [0.1, 0.15) is 5.69 Å². The maximum absolute atomic E-state index is 11.2. The van der Waals surface area contributed by atoms with Crippen LogP contribution < -0.4 is 11.1 Å².